The third-order valence-electron chi connectivity index (χ3n) is 2.68. The highest BCUT2D eigenvalue weighted by atomic mass is 16.5. The van der Waals surface area contributed by atoms with Crippen LogP contribution in [0.5, 0.6) is 11.5 Å². The van der Waals surface area contributed by atoms with Gasteiger partial charge < -0.3 is 9.84 Å². The Morgan fingerprint density at radius 1 is 1.24 bits per heavy atom. The van der Waals surface area contributed by atoms with Crippen molar-refractivity contribution in [2.75, 3.05) is 11.9 Å². The fourth-order valence-corrected chi connectivity index (χ4v) is 1.75. The Labute approximate surface area is 119 Å². The van der Waals surface area contributed by atoms with Crippen molar-refractivity contribution >= 4 is 17.5 Å². The largest absolute Gasteiger partial charge is 0.506 e. The second-order valence-corrected chi connectivity index (χ2v) is 4.28. The molecule has 106 valence electrons. The number of fused-ring (bicyclic) bond motifs is 1. The number of aromatic hydroxyl groups is 1. The first kappa shape index (κ1) is 12.9. The van der Waals surface area contributed by atoms with Gasteiger partial charge in [-0.15, -0.1) is 5.10 Å². The predicted octanol–water partition coefficient (Wildman–Crippen LogP) is 1.45. The molecule has 7 nitrogen and oxygen atoms in total. The van der Waals surface area contributed by atoms with Gasteiger partial charge in [-0.2, -0.15) is 4.98 Å². The van der Waals surface area contributed by atoms with Gasteiger partial charge in [-0.25, -0.2) is 4.52 Å². The normalized spacial score (nSPS) is 10.5. The van der Waals surface area contributed by atoms with E-state index in [0.29, 0.717) is 11.4 Å². The van der Waals surface area contributed by atoms with Crippen molar-refractivity contribution in [1.29, 1.82) is 0 Å². The first-order valence-electron chi connectivity index (χ1n) is 6.24. The number of amides is 1. The minimum Gasteiger partial charge on any atom is -0.506 e. The Kier molecular flexibility index (Phi) is 3.38. The van der Waals surface area contributed by atoms with Crippen LogP contribution < -0.4 is 10.1 Å². The van der Waals surface area contributed by atoms with Crippen LogP contribution in [0.25, 0.3) is 5.65 Å². The summed E-state index contributed by atoms with van der Waals surface area (Å²) in [5.74, 6) is 0.472. The van der Waals surface area contributed by atoms with Crippen LogP contribution in [0.2, 0.25) is 0 Å². The maximum absolute atomic E-state index is 11.8. The van der Waals surface area contributed by atoms with E-state index in [1.807, 2.05) is 18.2 Å². The summed E-state index contributed by atoms with van der Waals surface area (Å²) in [5, 5.41) is 15.9. The van der Waals surface area contributed by atoms with Crippen molar-refractivity contribution in [2.24, 2.45) is 0 Å². The number of carbonyl (C=O) groups excluding carboxylic acids is 1. The van der Waals surface area contributed by atoms with Crippen LogP contribution >= 0.6 is 0 Å². The van der Waals surface area contributed by atoms with Crippen LogP contribution in [-0.4, -0.2) is 32.2 Å². The molecule has 0 fully saturated rings. The van der Waals surface area contributed by atoms with Gasteiger partial charge in [0.05, 0.1) is 6.20 Å². The van der Waals surface area contributed by atoms with Crippen LogP contribution in [-0.2, 0) is 4.79 Å². The smallest absolute Gasteiger partial charge is 0.264 e. The molecule has 0 saturated heterocycles. The lowest BCUT2D eigenvalue weighted by molar-refractivity contribution is -0.118. The lowest BCUT2D eigenvalue weighted by Crippen LogP contribution is -2.20. The summed E-state index contributed by atoms with van der Waals surface area (Å²) in [7, 11) is 0. The molecular formula is C14H12N4O3. The Morgan fingerprint density at radius 2 is 2.05 bits per heavy atom. The quantitative estimate of drug-likeness (QED) is 0.757. The topological polar surface area (TPSA) is 88.8 Å². The van der Waals surface area contributed by atoms with Gasteiger partial charge in [-0.1, -0.05) is 18.2 Å². The number of para-hydroxylation sites is 1. The van der Waals surface area contributed by atoms with Gasteiger partial charge in [0.1, 0.15) is 11.5 Å². The maximum atomic E-state index is 11.8. The molecule has 7 heteroatoms. The lowest BCUT2D eigenvalue weighted by Gasteiger charge is -2.04. The molecule has 0 saturated carbocycles. The van der Waals surface area contributed by atoms with Crippen molar-refractivity contribution in [3.05, 3.63) is 48.7 Å². The van der Waals surface area contributed by atoms with E-state index in [1.54, 1.807) is 18.2 Å². The summed E-state index contributed by atoms with van der Waals surface area (Å²) in [6.07, 6.45) is 1.40. The minimum absolute atomic E-state index is 0.0673. The Bertz CT molecular complexity index is 770. The molecule has 2 N–H and O–H groups in total. The Hall–Kier alpha value is -3.09. The summed E-state index contributed by atoms with van der Waals surface area (Å²) in [5.41, 5.74) is 0.520. The molecular weight excluding hydrogens is 272 g/mol. The summed E-state index contributed by atoms with van der Waals surface area (Å²) >= 11 is 0. The fourth-order valence-electron chi connectivity index (χ4n) is 1.75. The molecule has 1 aromatic carbocycles. The molecule has 0 atom stereocenters. The number of pyridine rings is 1. The zero-order chi connectivity index (χ0) is 14.7. The molecule has 0 aliphatic rings. The van der Waals surface area contributed by atoms with E-state index in [4.69, 9.17) is 4.74 Å². The highest BCUT2D eigenvalue weighted by Crippen LogP contribution is 2.12. The third-order valence-corrected chi connectivity index (χ3v) is 2.68. The average Bonchev–Trinajstić information content (AvgIpc) is 2.87. The number of aromatic nitrogens is 3. The number of benzene rings is 1. The van der Waals surface area contributed by atoms with E-state index in [9.17, 15) is 9.90 Å². The van der Waals surface area contributed by atoms with Crippen LogP contribution in [0.3, 0.4) is 0 Å². The van der Waals surface area contributed by atoms with Gasteiger partial charge in [-0.3, -0.25) is 10.1 Å². The van der Waals surface area contributed by atoms with E-state index in [2.05, 4.69) is 15.4 Å². The molecule has 0 aliphatic heterocycles. The second-order valence-electron chi connectivity index (χ2n) is 4.28. The standard InChI is InChI=1S/C14H12N4O3/c19-10-6-7-12-15-14(17-18(12)8-10)16-13(20)9-21-11-4-2-1-3-5-11/h1-8,19H,9H2,(H,16,17,20). The number of hydrogen-bond donors (Lipinski definition) is 2. The molecule has 0 aliphatic carbocycles. The second kappa shape index (κ2) is 5.49. The number of nitrogens with zero attached hydrogens (tertiary/aromatic N) is 3. The van der Waals surface area contributed by atoms with E-state index in [1.165, 1.54) is 16.8 Å². The SMILES string of the molecule is O=C(COc1ccccc1)Nc1nc2ccc(O)cn2n1. The number of ether oxygens (including phenoxy) is 1. The Morgan fingerprint density at radius 3 is 2.86 bits per heavy atom. The molecule has 2 aromatic heterocycles. The number of nitrogens with one attached hydrogen (secondary N) is 1. The van der Waals surface area contributed by atoms with Crippen molar-refractivity contribution < 1.29 is 14.6 Å². The number of carbonyl (C=O) groups is 1. The zero-order valence-corrected chi connectivity index (χ0v) is 10.9. The molecule has 21 heavy (non-hydrogen) atoms. The highest BCUT2D eigenvalue weighted by molar-refractivity contribution is 5.90. The lowest BCUT2D eigenvalue weighted by atomic mass is 10.3. The van der Waals surface area contributed by atoms with Gasteiger partial charge in [-0.05, 0) is 24.3 Å². The summed E-state index contributed by atoms with van der Waals surface area (Å²) < 4.78 is 6.70. The van der Waals surface area contributed by atoms with Crippen LogP contribution in [0.1, 0.15) is 0 Å². The maximum Gasteiger partial charge on any atom is 0.264 e. The summed E-state index contributed by atoms with van der Waals surface area (Å²) in [6, 6.07) is 12.1. The summed E-state index contributed by atoms with van der Waals surface area (Å²) in [4.78, 5) is 15.9. The molecule has 0 unspecified atom stereocenters. The van der Waals surface area contributed by atoms with Crippen molar-refractivity contribution in [1.82, 2.24) is 14.6 Å². The molecule has 3 rings (SSSR count). The van der Waals surface area contributed by atoms with Gasteiger partial charge in [0, 0.05) is 0 Å². The van der Waals surface area contributed by atoms with E-state index in [-0.39, 0.29) is 24.2 Å². The first-order valence-corrected chi connectivity index (χ1v) is 6.24. The number of hydrogen-bond acceptors (Lipinski definition) is 5. The van der Waals surface area contributed by atoms with Crippen molar-refractivity contribution in [3.63, 3.8) is 0 Å². The molecule has 3 aromatic rings. The van der Waals surface area contributed by atoms with Gasteiger partial charge in [0.25, 0.3) is 5.91 Å². The van der Waals surface area contributed by atoms with E-state index in [0.717, 1.165) is 0 Å². The average molecular weight is 284 g/mol. The number of rotatable bonds is 4. The van der Waals surface area contributed by atoms with Crippen LogP contribution in [0.4, 0.5) is 5.95 Å². The number of anilines is 1. The predicted molar refractivity (Wildman–Crippen MR) is 75.2 cm³/mol. The minimum atomic E-state index is -0.362. The Balaban J connectivity index is 1.63. The van der Waals surface area contributed by atoms with E-state index >= 15 is 0 Å². The molecule has 1 amide bonds. The third kappa shape index (κ3) is 3.08. The zero-order valence-electron chi connectivity index (χ0n) is 10.9. The van der Waals surface area contributed by atoms with Gasteiger partial charge in [0.2, 0.25) is 5.95 Å². The molecule has 0 bridgehead atoms. The molecule has 0 spiro atoms. The first-order chi connectivity index (χ1) is 10.2. The van der Waals surface area contributed by atoms with Crippen LogP contribution in [0.15, 0.2) is 48.7 Å². The molecule has 0 radical (unpaired) electrons. The fraction of sp³-hybridized carbons (Fsp3) is 0.0714. The van der Waals surface area contributed by atoms with Crippen LogP contribution in [0, 0.1) is 0 Å². The van der Waals surface area contributed by atoms with E-state index < -0.39 is 0 Å². The van der Waals surface area contributed by atoms with Crippen molar-refractivity contribution in [2.45, 2.75) is 0 Å². The molecule has 2 heterocycles. The summed E-state index contributed by atoms with van der Waals surface area (Å²) in [6.45, 7) is -0.134. The van der Waals surface area contributed by atoms with Crippen molar-refractivity contribution in [3.8, 4) is 11.5 Å². The highest BCUT2D eigenvalue weighted by Gasteiger charge is 2.09. The van der Waals surface area contributed by atoms with Gasteiger partial charge >= 0.3 is 0 Å². The van der Waals surface area contributed by atoms with Gasteiger partial charge in [0.15, 0.2) is 12.3 Å². The monoisotopic (exact) mass is 284 g/mol.